The first-order chi connectivity index (χ1) is 10.3. The van der Waals surface area contributed by atoms with E-state index in [-0.39, 0.29) is 5.91 Å². The molecule has 0 aliphatic rings. The normalized spacial score (nSPS) is 10.5. The van der Waals surface area contributed by atoms with Crippen molar-refractivity contribution in [2.75, 3.05) is 5.32 Å². The first kappa shape index (κ1) is 13.6. The molecule has 3 nitrogen and oxygen atoms in total. The Morgan fingerprint density at radius 2 is 1.81 bits per heavy atom. The van der Waals surface area contributed by atoms with Crippen molar-refractivity contribution in [1.29, 1.82) is 0 Å². The van der Waals surface area contributed by atoms with Gasteiger partial charge in [0.1, 0.15) is 5.69 Å². The van der Waals surface area contributed by atoms with Crippen molar-refractivity contribution >= 4 is 34.0 Å². The molecular formula is C17H13ClN2O. The van der Waals surface area contributed by atoms with Gasteiger partial charge in [-0.3, -0.25) is 9.78 Å². The van der Waals surface area contributed by atoms with E-state index in [0.717, 1.165) is 22.0 Å². The maximum Gasteiger partial charge on any atom is 0.274 e. The minimum Gasteiger partial charge on any atom is -0.321 e. The lowest BCUT2D eigenvalue weighted by Gasteiger charge is -2.07. The Morgan fingerprint density at radius 3 is 2.57 bits per heavy atom. The van der Waals surface area contributed by atoms with Crippen LogP contribution in [0.3, 0.4) is 0 Å². The highest BCUT2D eigenvalue weighted by Gasteiger charge is 2.11. The number of fused-ring (bicyclic) bond motifs is 1. The van der Waals surface area contributed by atoms with Crippen molar-refractivity contribution in [2.45, 2.75) is 5.88 Å². The van der Waals surface area contributed by atoms with Crippen LogP contribution in [0.25, 0.3) is 10.8 Å². The van der Waals surface area contributed by atoms with Crippen molar-refractivity contribution in [2.24, 2.45) is 0 Å². The summed E-state index contributed by atoms with van der Waals surface area (Å²) in [7, 11) is 0. The smallest absolute Gasteiger partial charge is 0.274 e. The van der Waals surface area contributed by atoms with E-state index in [2.05, 4.69) is 10.3 Å². The van der Waals surface area contributed by atoms with Crippen LogP contribution in [0, 0.1) is 0 Å². The minimum absolute atomic E-state index is 0.217. The molecule has 3 aromatic rings. The Kier molecular flexibility index (Phi) is 3.84. The number of hydrogen-bond donors (Lipinski definition) is 1. The minimum atomic E-state index is -0.217. The molecule has 0 bridgehead atoms. The van der Waals surface area contributed by atoms with Gasteiger partial charge in [0.2, 0.25) is 0 Å². The third-order valence-corrected chi connectivity index (χ3v) is 3.56. The van der Waals surface area contributed by atoms with Crippen LogP contribution in [0.15, 0.2) is 60.8 Å². The summed E-state index contributed by atoms with van der Waals surface area (Å²) in [4.78, 5) is 16.6. The molecule has 0 unspecified atom stereocenters. The number of benzene rings is 2. The van der Waals surface area contributed by atoms with Gasteiger partial charge in [0, 0.05) is 23.2 Å². The van der Waals surface area contributed by atoms with Crippen LogP contribution in [0.4, 0.5) is 5.69 Å². The molecule has 0 aliphatic heterocycles. The molecule has 0 spiro atoms. The fourth-order valence-electron chi connectivity index (χ4n) is 2.17. The van der Waals surface area contributed by atoms with Crippen molar-refractivity contribution < 1.29 is 4.79 Å². The highest BCUT2D eigenvalue weighted by molar-refractivity contribution is 6.17. The summed E-state index contributed by atoms with van der Waals surface area (Å²) < 4.78 is 0. The van der Waals surface area contributed by atoms with E-state index in [1.54, 1.807) is 6.20 Å². The average molecular weight is 297 g/mol. The SMILES string of the molecule is O=C(Nc1ccc(CCl)cc1)c1nccc2ccccc12. The van der Waals surface area contributed by atoms with Gasteiger partial charge in [0.05, 0.1) is 0 Å². The number of nitrogens with one attached hydrogen (secondary N) is 1. The number of carbonyl (C=O) groups excluding carboxylic acids is 1. The topological polar surface area (TPSA) is 42.0 Å². The van der Waals surface area contributed by atoms with Gasteiger partial charge in [-0.05, 0) is 29.1 Å². The van der Waals surface area contributed by atoms with E-state index in [1.165, 1.54) is 0 Å². The van der Waals surface area contributed by atoms with Crippen LogP contribution < -0.4 is 5.32 Å². The molecular weight excluding hydrogens is 284 g/mol. The van der Waals surface area contributed by atoms with Crippen LogP contribution >= 0.6 is 11.6 Å². The van der Waals surface area contributed by atoms with Crippen molar-refractivity contribution in [1.82, 2.24) is 4.98 Å². The molecule has 0 fully saturated rings. The third-order valence-electron chi connectivity index (χ3n) is 3.25. The maximum atomic E-state index is 12.4. The Bertz CT molecular complexity index is 779. The maximum absolute atomic E-state index is 12.4. The van der Waals surface area contributed by atoms with Crippen LogP contribution in [-0.4, -0.2) is 10.9 Å². The molecule has 1 aromatic heterocycles. The number of halogens is 1. The van der Waals surface area contributed by atoms with Gasteiger partial charge < -0.3 is 5.32 Å². The summed E-state index contributed by atoms with van der Waals surface area (Å²) in [5.74, 6) is 0.240. The molecule has 0 saturated heterocycles. The van der Waals surface area contributed by atoms with Crippen molar-refractivity contribution in [3.05, 3.63) is 72.1 Å². The quantitative estimate of drug-likeness (QED) is 0.735. The molecule has 104 valence electrons. The number of nitrogens with zero attached hydrogens (tertiary/aromatic N) is 1. The van der Waals surface area contributed by atoms with Gasteiger partial charge in [0.25, 0.3) is 5.91 Å². The standard InChI is InChI=1S/C17H13ClN2O/c18-11-12-5-7-14(8-6-12)20-17(21)16-15-4-2-1-3-13(15)9-10-19-16/h1-10H,11H2,(H,20,21). The molecule has 1 N–H and O–H groups in total. The number of hydrogen-bond acceptors (Lipinski definition) is 2. The second-order valence-corrected chi connectivity index (χ2v) is 4.93. The van der Waals surface area contributed by atoms with Gasteiger partial charge in [-0.2, -0.15) is 0 Å². The van der Waals surface area contributed by atoms with E-state index < -0.39 is 0 Å². The van der Waals surface area contributed by atoms with Gasteiger partial charge in [-0.1, -0.05) is 36.4 Å². The van der Waals surface area contributed by atoms with Crippen LogP contribution in [0.1, 0.15) is 16.1 Å². The molecule has 2 aromatic carbocycles. The molecule has 0 atom stereocenters. The molecule has 1 amide bonds. The molecule has 0 radical (unpaired) electrons. The lowest BCUT2D eigenvalue weighted by atomic mass is 10.1. The lowest BCUT2D eigenvalue weighted by Crippen LogP contribution is -2.14. The summed E-state index contributed by atoms with van der Waals surface area (Å²) in [5.41, 5.74) is 2.16. The number of pyridine rings is 1. The number of anilines is 1. The number of carbonyl (C=O) groups is 1. The van der Waals surface area contributed by atoms with Gasteiger partial charge in [-0.15, -0.1) is 11.6 Å². The van der Waals surface area contributed by atoms with Gasteiger partial charge in [0.15, 0.2) is 0 Å². The number of rotatable bonds is 3. The fourth-order valence-corrected chi connectivity index (χ4v) is 2.35. The van der Waals surface area contributed by atoms with Crippen LogP contribution in [-0.2, 0) is 5.88 Å². The lowest BCUT2D eigenvalue weighted by molar-refractivity contribution is 0.102. The summed E-state index contributed by atoms with van der Waals surface area (Å²) in [5, 5.41) is 4.70. The summed E-state index contributed by atoms with van der Waals surface area (Å²) >= 11 is 5.75. The first-order valence-corrected chi connectivity index (χ1v) is 7.11. The molecule has 0 saturated carbocycles. The molecule has 1 heterocycles. The Hall–Kier alpha value is -2.39. The zero-order valence-electron chi connectivity index (χ0n) is 11.2. The predicted molar refractivity (Wildman–Crippen MR) is 85.7 cm³/mol. The van der Waals surface area contributed by atoms with E-state index >= 15 is 0 Å². The Balaban J connectivity index is 1.90. The Morgan fingerprint density at radius 1 is 1.05 bits per heavy atom. The van der Waals surface area contributed by atoms with Crippen molar-refractivity contribution in [3.63, 3.8) is 0 Å². The van der Waals surface area contributed by atoms with E-state index in [1.807, 2.05) is 54.6 Å². The molecule has 21 heavy (non-hydrogen) atoms. The third kappa shape index (κ3) is 2.88. The highest BCUT2D eigenvalue weighted by Crippen LogP contribution is 2.18. The van der Waals surface area contributed by atoms with E-state index in [4.69, 9.17) is 11.6 Å². The number of alkyl halides is 1. The average Bonchev–Trinajstić information content (AvgIpc) is 2.55. The number of amides is 1. The Labute approximate surface area is 127 Å². The van der Waals surface area contributed by atoms with Crippen LogP contribution in [0.5, 0.6) is 0 Å². The largest absolute Gasteiger partial charge is 0.321 e. The zero-order chi connectivity index (χ0) is 14.7. The van der Waals surface area contributed by atoms with Gasteiger partial charge in [-0.25, -0.2) is 0 Å². The fraction of sp³-hybridized carbons (Fsp3) is 0.0588. The van der Waals surface area contributed by atoms with Crippen LogP contribution in [0.2, 0.25) is 0 Å². The second kappa shape index (κ2) is 5.94. The van der Waals surface area contributed by atoms with Crippen molar-refractivity contribution in [3.8, 4) is 0 Å². The predicted octanol–water partition coefficient (Wildman–Crippen LogP) is 4.23. The second-order valence-electron chi connectivity index (χ2n) is 4.67. The summed E-state index contributed by atoms with van der Waals surface area (Å²) in [6, 6.07) is 17.0. The summed E-state index contributed by atoms with van der Waals surface area (Å²) in [6.07, 6.45) is 1.65. The van der Waals surface area contributed by atoms with E-state index in [9.17, 15) is 4.79 Å². The van der Waals surface area contributed by atoms with E-state index in [0.29, 0.717) is 11.6 Å². The summed E-state index contributed by atoms with van der Waals surface area (Å²) in [6.45, 7) is 0. The molecule has 3 rings (SSSR count). The first-order valence-electron chi connectivity index (χ1n) is 6.58. The zero-order valence-corrected chi connectivity index (χ0v) is 12.0. The molecule has 4 heteroatoms. The number of aromatic nitrogens is 1. The van der Waals surface area contributed by atoms with Gasteiger partial charge >= 0.3 is 0 Å². The monoisotopic (exact) mass is 296 g/mol. The molecule has 0 aliphatic carbocycles. The highest BCUT2D eigenvalue weighted by atomic mass is 35.5.